The molecule has 0 spiro atoms. The molecule has 0 aliphatic carbocycles. The van der Waals surface area contributed by atoms with E-state index in [1.807, 2.05) is 18.2 Å². The molecule has 7 nitrogen and oxygen atoms in total. The molecule has 42 heavy (non-hydrogen) atoms. The number of para-hydroxylation sites is 1. The fraction of sp³-hybridized carbons (Fsp3) is 0.0909. The van der Waals surface area contributed by atoms with Crippen LogP contribution in [0.3, 0.4) is 0 Å². The minimum absolute atomic E-state index is 0.116. The number of aromatic hydroxyl groups is 2. The van der Waals surface area contributed by atoms with E-state index in [4.69, 9.17) is 36.8 Å². The van der Waals surface area contributed by atoms with E-state index in [0.717, 1.165) is 0 Å². The van der Waals surface area contributed by atoms with Gasteiger partial charge in [0.05, 0.1) is 27.8 Å². The molecule has 0 fully saturated rings. The van der Waals surface area contributed by atoms with Crippen LogP contribution in [0, 0.1) is 13.8 Å². The number of hydrogen-bond acceptors (Lipinski definition) is 7. The molecule has 2 aromatic heterocycles. The average molecular weight is 601 g/mol. The fourth-order valence-corrected chi connectivity index (χ4v) is 5.31. The van der Waals surface area contributed by atoms with Crippen LogP contribution in [0.25, 0.3) is 21.9 Å². The van der Waals surface area contributed by atoms with Crippen LogP contribution in [0.15, 0.2) is 97.3 Å². The predicted octanol–water partition coefficient (Wildman–Crippen LogP) is 8.21. The summed E-state index contributed by atoms with van der Waals surface area (Å²) in [5, 5.41) is 24.0. The maximum absolute atomic E-state index is 13.5. The van der Waals surface area contributed by atoms with Crippen LogP contribution in [0.1, 0.15) is 33.7 Å². The molecule has 210 valence electrons. The Morgan fingerprint density at radius 1 is 0.667 bits per heavy atom. The van der Waals surface area contributed by atoms with Crippen molar-refractivity contribution in [1.29, 1.82) is 0 Å². The number of benzene rings is 4. The Morgan fingerprint density at radius 3 is 1.60 bits per heavy atom. The van der Waals surface area contributed by atoms with E-state index in [9.17, 15) is 19.8 Å². The average Bonchev–Trinajstić information content (AvgIpc) is 2.96. The minimum Gasteiger partial charge on any atom is -0.507 e. The lowest BCUT2D eigenvalue weighted by molar-refractivity contribution is 0.441. The summed E-state index contributed by atoms with van der Waals surface area (Å²) in [5.41, 5.74) is -0.477. The zero-order chi connectivity index (χ0) is 29.7. The van der Waals surface area contributed by atoms with E-state index < -0.39 is 28.7 Å². The van der Waals surface area contributed by atoms with E-state index in [0.29, 0.717) is 38.2 Å². The molecule has 6 aromatic rings. The highest BCUT2D eigenvalue weighted by Crippen LogP contribution is 2.43. The van der Waals surface area contributed by atoms with Gasteiger partial charge in [-0.15, -0.1) is 0 Å². The van der Waals surface area contributed by atoms with Gasteiger partial charge in [0.25, 0.3) is 0 Å². The third-order valence-corrected chi connectivity index (χ3v) is 7.97. The van der Waals surface area contributed by atoms with Crippen molar-refractivity contribution in [1.82, 2.24) is 0 Å². The van der Waals surface area contributed by atoms with Gasteiger partial charge in [0.15, 0.2) is 0 Å². The van der Waals surface area contributed by atoms with Gasteiger partial charge in [0.2, 0.25) is 0 Å². The van der Waals surface area contributed by atoms with Crippen molar-refractivity contribution in [3.05, 3.63) is 138 Å². The maximum Gasteiger partial charge on any atom is 0.344 e. The molecule has 9 heteroatoms. The third kappa shape index (κ3) is 4.76. The number of halogens is 2. The van der Waals surface area contributed by atoms with Crippen molar-refractivity contribution in [2.24, 2.45) is 0 Å². The van der Waals surface area contributed by atoms with Gasteiger partial charge in [-0.3, -0.25) is 0 Å². The molecule has 0 unspecified atom stereocenters. The Bertz CT molecular complexity index is 2000. The summed E-state index contributed by atoms with van der Waals surface area (Å²) in [6.07, 6.45) is 0. The van der Waals surface area contributed by atoms with Gasteiger partial charge >= 0.3 is 11.3 Å². The predicted molar refractivity (Wildman–Crippen MR) is 162 cm³/mol. The number of aryl methyl sites for hydroxylation is 2. The molecule has 0 aliphatic heterocycles. The Labute approximate surface area is 248 Å². The van der Waals surface area contributed by atoms with Crippen molar-refractivity contribution in [3.63, 3.8) is 0 Å². The number of rotatable bonds is 5. The van der Waals surface area contributed by atoms with Gasteiger partial charge in [0, 0.05) is 10.0 Å². The minimum atomic E-state index is -1.31. The first-order valence-corrected chi connectivity index (χ1v) is 13.6. The molecule has 0 saturated carbocycles. The fourth-order valence-electron chi connectivity index (χ4n) is 4.98. The van der Waals surface area contributed by atoms with Gasteiger partial charge in [-0.2, -0.15) is 0 Å². The van der Waals surface area contributed by atoms with E-state index in [1.54, 1.807) is 62.4 Å². The molecule has 0 aliphatic rings. The van der Waals surface area contributed by atoms with Crippen molar-refractivity contribution in [2.45, 2.75) is 19.8 Å². The highest BCUT2D eigenvalue weighted by molar-refractivity contribution is 6.32. The second-order valence-electron chi connectivity index (χ2n) is 9.92. The van der Waals surface area contributed by atoms with E-state index >= 15 is 0 Å². The maximum atomic E-state index is 13.5. The molecular weight excluding hydrogens is 579 g/mol. The van der Waals surface area contributed by atoms with E-state index in [1.165, 1.54) is 12.1 Å². The highest BCUT2D eigenvalue weighted by Gasteiger charge is 2.33. The summed E-state index contributed by atoms with van der Waals surface area (Å²) < 4.78 is 17.1. The van der Waals surface area contributed by atoms with Crippen LogP contribution in [0.4, 0.5) is 0 Å². The van der Waals surface area contributed by atoms with Crippen LogP contribution in [-0.4, -0.2) is 10.2 Å². The summed E-state index contributed by atoms with van der Waals surface area (Å²) in [5.74, 6) is -1.10. The summed E-state index contributed by atoms with van der Waals surface area (Å²) >= 11 is 12.7. The number of fused-ring (bicyclic) bond motifs is 2. The summed E-state index contributed by atoms with van der Waals surface area (Å²) in [6, 6.07) is 21.7. The monoisotopic (exact) mass is 600 g/mol. The molecule has 0 saturated heterocycles. The SMILES string of the molecule is Cc1cc2oc(=O)c(C(c3ccc(Oc4ccccc4)cc3)c3c(O)c4cc(Cl)c(C)cc4oc3=O)c(O)c2cc1Cl. The zero-order valence-electron chi connectivity index (χ0n) is 22.3. The lowest BCUT2D eigenvalue weighted by Gasteiger charge is -2.20. The lowest BCUT2D eigenvalue weighted by atomic mass is 9.84. The smallest absolute Gasteiger partial charge is 0.344 e. The lowest BCUT2D eigenvalue weighted by Crippen LogP contribution is -2.21. The standard InChI is InChI=1S/C33H22Cl2O7/c1-16-12-25-21(14-23(16)34)30(36)28(32(38)41-25)27(18-8-10-20(11-9-18)40-19-6-4-3-5-7-19)29-31(37)22-15-24(35)17(2)13-26(22)42-33(29)39/h3-15,27,36-37H,1-2H3. The van der Waals surface area contributed by atoms with Gasteiger partial charge in [0.1, 0.15) is 34.2 Å². The molecule has 0 bridgehead atoms. The first-order valence-electron chi connectivity index (χ1n) is 12.9. The summed E-state index contributed by atoms with van der Waals surface area (Å²) in [6.45, 7) is 3.47. The summed E-state index contributed by atoms with van der Waals surface area (Å²) in [7, 11) is 0. The Hall–Kier alpha value is -4.72. The van der Waals surface area contributed by atoms with Crippen LogP contribution in [0.5, 0.6) is 23.0 Å². The number of ether oxygens (including phenoxy) is 1. The van der Waals surface area contributed by atoms with Crippen LogP contribution >= 0.6 is 23.2 Å². The van der Waals surface area contributed by atoms with Crippen molar-refractivity contribution in [3.8, 4) is 23.0 Å². The van der Waals surface area contributed by atoms with Gasteiger partial charge in [-0.25, -0.2) is 9.59 Å². The van der Waals surface area contributed by atoms with Crippen LogP contribution in [-0.2, 0) is 0 Å². The van der Waals surface area contributed by atoms with Crippen molar-refractivity contribution < 1.29 is 23.8 Å². The first kappa shape index (κ1) is 27.4. The molecular formula is C33H22Cl2O7. The molecule has 6 rings (SSSR count). The first-order chi connectivity index (χ1) is 20.1. The Kier molecular flexibility index (Phi) is 6.93. The van der Waals surface area contributed by atoms with Gasteiger partial charge in [-0.05, 0) is 79.1 Å². The van der Waals surface area contributed by atoms with Gasteiger partial charge < -0.3 is 23.8 Å². The second kappa shape index (κ2) is 10.6. The van der Waals surface area contributed by atoms with E-state index in [-0.39, 0.29) is 33.1 Å². The topological polar surface area (TPSA) is 110 Å². The molecule has 0 radical (unpaired) electrons. The largest absolute Gasteiger partial charge is 0.507 e. The third-order valence-electron chi connectivity index (χ3n) is 7.16. The van der Waals surface area contributed by atoms with Crippen LogP contribution < -0.4 is 16.0 Å². The van der Waals surface area contributed by atoms with Gasteiger partial charge in [-0.1, -0.05) is 53.5 Å². The highest BCUT2D eigenvalue weighted by atomic mass is 35.5. The zero-order valence-corrected chi connectivity index (χ0v) is 23.8. The van der Waals surface area contributed by atoms with Crippen molar-refractivity contribution >= 4 is 45.1 Å². The molecule has 2 N–H and O–H groups in total. The Balaban J connectivity index is 1.62. The normalized spacial score (nSPS) is 11.5. The summed E-state index contributed by atoms with van der Waals surface area (Å²) in [4.78, 5) is 27.0. The second-order valence-corrected chi connectivity index (χ2v) is 10.7. The number of hydrogen-bond donors (Lipinski definition) is 2. The quantitative estimate of drug-likeness (QED) is 0.192. The molecule has 0 amide bonds. The molecule has 2 heterocycles. The van der Waals surface area contributed by atoms with Crippen molar-refractivity contribution in [2.75, 3.05) is 0 Å². The molecule has 0 atom stereocenters. The Morgan fingerprint density at radius 2 is 1.12 bits per heavy atom. The van der Waals surface area contributed by atoms with E-state index in [2.05, 4.69) is 0 Å². The molecule has 4 aromatic carbocycles. The van der Waals surface area contributed by atoms with Crippen LogP contribution in [0.2, 0.25) is 10.0 Å².